The molecule has 18 heavy (non-hydrogen) atoms. The van der Waals surface area contributed by atoms with Gasteiger partial charge in [0.2, 0.25) is 0 Å². The lowest BCUT2D eigenvalue weighted by atomic mass is 9.70. The lowest BCUT2D eigenvalue weighted by Crippen LogP contribution is -2.26. The second-order valence-electron chi connectivity index (χ2n) is 6.80. The molecule has 0 aromatic heterocycles. The lowest BCUT2D eigenvalue weighted by molar-refractivity contribution is 0.165. The molecular formula is C17H31Br. The average Bonchev–Trinajstić information content (AvgIpc) is 2.40. The van der Waals surface area contributed by atoms with Crippen LogP contribution < -0.4 is 0 Å². The highest BCUT2D eigenvalue weighted by atomic mass is 79.9. The van der Waals surface area contributed by atoms with E-state index < -0.39 is 0 Å². The predicted molar refractivity (Wildman–Crippen MR) is 84.3 cm³/mol. The minimum absolute atomic E-state index is 0.832. The van der Waals surface area contributed by atoms with Gasteiger partial charge in [0.05, 0.1) is 0 Å². The fraction of sp³-hybridized carbons (Fsp3) is 1.00. The van der Waals surface area contributed by atoms with E-state index in [0.29, 0.717) is 0 Å². The Hall–Kier alpha value is 0.480. The van der Waals surface area contributed by atoms with Gasteiger partial charge in [-0.3, -0.25) is 0 Å². The molecule has 0 spiro atoms. The standard InChI is InChI=1S/C17H31Br/c1-2-3-4-6-14-9-11-15(12-10-14)16-7-5-8-17(18)13-16/h14-17H,2-13H2,1H3/t14-,15-,16?,17?. The third-order valence-electron chi connectivity index (χ3n) is 5.42. The molecule has 0 saturated heterocycles. The van der Waals surface area contributed by atoms with Crippen molar-refractivity contribution in [1.82, 2.24) is 0 Å². The first-order chi connectivity index (χ1) is 8.79. The molecule has 0 nitrogen and oxygen atoms in total. The van der Waals surface area contributed by atoms with Gasteiger partial charge in [0.15, 0.2) is 0 Å². The van der Waals surface area contributed by atoms with E-state index >= 15 is 0 Å². The van der Waals surface area contributed by atoms with Crippen LogP contribution in [0.4, 0.5) is 0 Å². The summed E-state index contributed by atoms with van der Waals surface area (Å²) in [5.74, 6) is 3.21. The van der Waals surface area contributed by atoms with Crippen LogP contribution in [0.15, 0.2) is 0 Å². The van der Waals surface area contributed by atoms with Crippen LogP contribution in [0, 0.1) is 17.8 Å². The maximum atomic E-state index is 3.85. The third kappa shape index (κ3) is 4.54. The van der Waals surface area contributed by atoms with Gasteiger partial charge in [0.1, 0.15) is 0 Å². The van der Waals surface area contributed by atoms with Crippen molar-refractivity contribution in [2.24, 2.45) is 17.8 Å². The molecule has 2 aliphatic rings. The summed E-state index contributed by atoms with van der Waals surface area (Å²) < 4.78 is 0. The second-order valence-corrected chi connectivity index (χ2v) is 8.10. The zero-order valence-corrected chi connectivity index (χ0v) is 13.8. The van der Waals surface area contributed by atoms with Crippen molar-refractivity contribution >= 4 is 15.9 Å². The predicted octanol–water partition coefficient (Wildman–Crippen LogP) is 6.33. The van der Waals surface area contributed by atoms with Gasteiger partial charge >= 0.3 is 0 Å². The molecule has 2 rings (SSSR count). The highest BCUT2D eigenvalue weighted by Gasteiger charge is 2.30. The van der Waals surface area contributed by atoms with Crippen LogP contribution in [0.1, 0.15) is 84.0 Å². The Morgan fingerprint density at radius 3 is 2.33 bits per heavy atom. The van der Waals surface area contributed by atoms with E-state index in [2.05, 4.69) is 22.9 Å². The maximum absolute atomic E-state index is 3.85. The highest BCUT2D eigenvalue weighted by Crippen LogP contribution is 2.42. The van der Waals surface area contributed by atoms with Crippen molar-refractivity contribution in [1.29, 1.82) is 0 Å². The van der Waals surface area contributed by atoms with E-state index in [4.69, 9.17) is 0 Å². The van der Waals surface area contributed by atoms with E-state index in [-0.39, 0.29) is 0 Å². The highest BCUT2D eigenvalue weighted by molar-refractivity contribution is 9.09. The minimum atomic E-state index is 0.832. The largest absolute Gasteiger partial charge is 0.0891 e. The number of unbranched alkanes of at least 4 members (excludes halogenated alkanes) is 2. The average molecular weight is 315 g/mol. The quantitative estimate of drug-likeness (QED) is 0.411. The second kappa shape index (κ2) is 7.92. The van der Waals surface area contributed by atoms with Gasteiger partial charge in [0.25, 0.3) is 0 Å². The van der Waals surface area contributed by atoms with Gasteiger partial charge in [0, 0.05) is 4.83 Å². The maximum Gasteiger partial charge on any atom is 0.0148 e. The smallest absolute Gasteiger partial charge is 0.0148 e. The zero-order chi connectivity index (χ0) is 12.8. The molecule has 2 atom stereocenters. The first-order valence-corrected chi connectivity index (χ1v) is 9.35. The monoisotopic (exact) mass is 314 g/mol. The Kier molecular flexibility index (Phi) is 6.55. The molecule has 0 heterocycles. The fourth-order valence-electron chi connectivity index (χ4n) is 4.23. The molecule has 2 fully saturated rings. The van der Waals surface area contributed by atoms with Crippen molar-refractivity contribution in [3.8, 4) is 0 Å². The molecule has 0 N–H and O–H groups in total. The van der Waals surface area contributed by atoms with E-state index in [1.54, 1.807) is 12.8 Å². The Morgan fingerprint density at radius 2 is 1.67 bits per heavy atom. The molecular weight excluding hydrogens is 284 g/mol. The van der Waals surface area contributed by atoms with Crippen molar-refractivity contribution in [2.75, 3.05) is 0 Å². The Morgan fingerprint density at radius 1 is 0.889 bits per heavy atom. The van der Waals surface area contributed by atoms with Gasteiger partial charge in [-0.2, -0.15) is 0 Å². The van der Waals surface area contributed by atoms with Gasteiger partial charge in [-0.05, 0) is 43.4 Å². The Bertz CT molecular complexity index is 218. The summed E-state index contributed by atoms with van der Waals surface area (Å²) in [6.07, 6.45) is 17.9. The summed E-state index contributed by atoms with van der Waals surface area (Å²) in [6.45, 7) is 2.32. The van der Waals surface area contributed by atoms with Gasteiger partial charge in [-0.15, -0.1) is 0 Å². The van der Waals surface area contributed by atoms with Crippen LogP contribution in [0.3, 0.4) is 0 Å². The normalized spacial score (nSPS) is 37.7. The Labute approximate surface area is 122 Å². The lowest BCUT2D eigenvalue weighted by Gasteiger charge is -2.37. The summed E-state index contributed by atoms with van der Waals surface area (Å²) in [5.41, 5.74) is 0. The molecule has 1 heteroatoms. The minimum Gasteiger partial charge on any atom is -0.0891 e. The van der Waals surface area contributed by atoms with Crippen LogP contribution in [-0.4, -0.2) is 4.83 Å². The van der Waals surface area contributed by atoms with Crippen molar-refractivity contribution in [3.05, 3.63) is 0 Å². The topological polar surface area (TPSA) is 0 Å². The summed E-state index contributed by atoms with van der Waals surface area (Å²) in [4.78, 5) is 0.832. The number of hydrogen-bond donors (Lipinski definition) is 0. The molecule has 2 aliphatic carbocycles. The van der Waals surface area contributed by atoms with E-state index in [9.17, 15) is 0 Å². The number of alkyl halides is 1. The Balaban J connectivity index is 1.66. The van der Waals surface area contributed by atoms with Gasteiger partial charge in [-0.1, -0.05) is 74.2 Å². The first kappa shape index (κ1) is 14.9. The molecule has 0 radical (unpaired) electrons. The summed E-state index contributed by atoms with van der Waals surface area (Å²) >= 11 is 3.85. The van der Waals surface area contributed by atoms with E-state index in [1.807, 2.05) is 0 Å². The van der Waals surface area contributed by atoms with Crippen LogP contribution in [-0.2, 0) is 0 Å². The van der Waals surface area contributed by atoms with E-state index in [0.717, 1.165) is 22.6 Å². The summed E-state index contributed by atoms with van der Waals surface area (Å²) in [6, 6.07) is 0. The summed E-state index contributed by atoms with van der Waals surface area (Å²) in [7, 11) is 0. The molecule has 2 unspecified atom stereocenters. The van der Waals surface area contributed by atoms with Gasteiger partial charge in [-0.25, -0.2) is 0 Å². The fourth-order valence-corrected chi connectivity index (χ4v) is 5.03. The third-order valence-corrected chi connectivity index (χ3v) is 6.26. The first-order valence-electron chi connectivity index (χ1n) is 8.43. The zero-order valence-electron chi connectivity index (χ0n) is 12.2. The van der Waals surface area contributed by atoms with Crippen molar-refractivity contribution in [2.45, 2.75) is 88.8 Å². The molecule has 0 aliphatic heterocycles. The molecule has 0 aromatic carbocycles. The van der Waals surface area contributed by atoms with Crippen LogP contribution in [0.5, 0.6) is 0 Å². The van der Waals surface area contributed by atoms with Crippen LogP contribution >= 0.6 is 15.9 Å². The molecule has 106 valence electrons. The van der Waals surface area contributed by atoms with E-state index in [1.165, 1.54) is 64.2 Å². The molecule has 2 saturated carbocycles. The molecule has 0 aromatic rings. The SMILES string of the molecule is CCCCC[C@H]1CC[C@H](C2CCCC(Br)C2)CC1. The van der Waals surface area contributed by atoms with Gasteiger partial charge < -0.3 is 0 Å². The number of hydrogen-bond acceptors (Lipinski definition) is 0. The number of halogens is 1. The van der Waals surface area contributed by atoms with Crippen molar-refractivity contribution in [3.63, 3.8) is 0 Å². The summed E-state index contributed by atoms with van der Waals surface area (Å²) in [5, 5.41) is 0. The number of rotatable bonds is 5. The molecule has 0 amide bonds. The van der Waals surface area contributed by atoms with Crippen LogP contribution in [0.25, 0.3) is 0 Å². The van der Waals surface area contributed by atoms with Crippen molar-refractivity contribution < 1.29 is 0 Å². The molecule has 0 bridgehead atoms. The van der Waals surface area contributed by atoms with Crippen LogP contribution in [0.2, 0.25) is 0 Å².